The van der Waals surface area contributed by atoms with Crippen LogP contribution in [-0.2, 0) is 11.2 Å². The number of rotatable bonds is 2. The SMILES string of the molecule is NC1Cc2ccccc2N(CC(=O)N2CCSc3ccccc32)C1. The summed E-state index contributed by atoms with van der Waals surface area (Å²) in [6, 6.07) is 16.5. The zero-order valence-corrected chi connectivity index (χ0v) is 14.3. The maximum Gasteiger partial charge on any atom is 0.246 e. The third kappa shape index (κ3) is 2.89. The molecule has 2 aliphatic rings. The van der Waals surface area contributed by atoms with Crippen molar-refractivity contribution in [2.24, 2.45) is 5.73 Å². The minimum absolute atomic E-state index is 0.0805. The van der Waals surface area contributed by atoms with Gasteiger partial charge in [-0.05, 0) is 30.2 Å². The Kier molecular flexibility index (Phi) is 4.21. The largest absolute Gasteiger partial charge is 0.360 e. The number of carbonyl (C=O) groups is 1. The number of thioether (sulfide) groups is 1. The predicted octanol–water partition coefficient (Wildman–Crippen LogP) is 2.52. The number of anilines is 2. The maximum absolute atomic E-state index is 13.0. The lowest BCUT2D eigenvalue weighted by Gasteiger charge is -2.36. The Morgan fingerprint density at radius 1 is 1.12 bits per heavy atom. The molecule has 1 amide bonds. The molecule has 2 aromatic rings. The van der Waals surface area contributed by atoms with Gasteiger partial charge < -0.3 is 15.5 Å². The van der Waals surface area contributed by atoms with Gasteiger partial charge in [0, 0.05) is 35.5 Å². The van der Waals surface area contributed by atoms with E-state index in [9.17, 15) is 4.79 Å². The fraction of sp³-hybridized carbons (Fsp3) is 0.316. The van der Waals surface area contributed by atoms with Crippen molar-refractivity contribution in [1.82, 2.24) is 0 Å². The van der Waals surface area contributed by atoms with Crippen molar-refractivity contribution in [3.63, 3.8) is 0 Å². The molecule has 24 heavy (non-hydrogen) atoms. The number of amides is 1. The summed E-state index contributed by atoms with van der Waals surface area (Å²) in [5.74, 6) is 1.09. The third-order valence-corrected chi connectivity index (χ3v) is 5.67. The van der Waals surface area contributed by atoms with Crippen molar-refractivity contribution in [3.8, 4) is 0 Å². The molecule has 1 atom stereocenters. The molecule has 0 radical (unpaired) electrons. The van der Waals surface area contributed by atoms with E-state index in [1.54, 1.807) is 0 Å². The third-order valence-electron chi connectivity index (χ3n) is 4.62. The molecule has 2 N–H and O–H groups in total. The van der Waals surface area contributed by atoms with E-state index in [2.05, 4.69) is 23.1 Å². The number of hydrogen-bond acceptors (Lipinski definition) is 4. The first-order valence-electron chi connectivity index (χ1n) is 8.33. The Morgan fingerprint density at radius 2 is 1.88 bits per heavy atom. The van der Waals surface area contributed by atoms with Gasteiger partial charge in [0.25, 0.3) is 0 Å². The molecule has 0 fully saturated rings. The fourth-order valence-corrected chi connectivity index (χ4v) is 4.54. The number of nitrogens with zero attached hydrogens (tertiary/aromatic N) is 2. The number of nitrogens with two attached hydrogens (primary N) is 1. The van der Waals surface area contributed by atoms with E-state index in [1.807, 2.05) is 47.0 Å². The molecule has 2 aromatic carbocycles. The van der Waals surface area contributed by atoms with E-state index in [1.165, 1.54) is 10.5 Å². The summed E-state index contributed by atoms with van der Waals surface area (Å²) >= 11 is 1.82. The van der Waals surface area contributed by atoms with Crippen molar-refractivity contribution >= 4 is 29.0 Å². The number of benzene rings is 2. The van der Waals surface area contributed by atoms with Gasteiger partial charge in [0.2, 0.25) is 5.91 Å². The van der Waals surface area contributed by atoms with E-state index in [4.69, 9.17) is 5.73 Å². The lowest BCUT2D eigenvalue weighted by atomic mass is 9.98. The zero-order chi connectivity index (χ0) is 16.5. The highest BCUT2D eigenvalue weighted by Gasteiger charge is 2.27. The smallest absolute Gasteiger partial charge is 0.246 e. The number of hydrogen-bond donors (Lipinski definition) is 1. The molecule has 0 bridgehead atoms. The summed E-state index contributed by atoms with van der Waals surface area (Å²) in [4.78, 5) is 18.2. The van der Waals surface area contributed by atoms with Crippen LogP contribution in [0.3, 0.4) is 0 Å². The maximum atomic E-state index is 13.0. The second kappa shape index (κ2) is 6.49. The molecule has 2 heterocycles. The van der Waals surface area contributed by atoms with Gasteiger partial charge in [-0.1, -0.05) is 30.3 Å². The second-order valence-electron chi connectivity index (χ2n) is 6.34. The molecular weight excluding hydrogens is 318 g/mol. The average Bonchev–Trinajstić information content (AvgIpc) is 2.61. The second-order valence-corrected chi connectivity index (χ2v) is 7.47. The highest BCUT2D eigenvalue weighted by Crippen LogP contribution is 2.34. The molecule has 0 spiro atoms. The highest BCUT2D eigenvalue weighted by atomic mass is 32.2. The van der Waals surface area contributed by atoms with Crippen molar-refractivity contribution in [1.29, 1.82) is 0 Å². The van der Waals surface area contributed by atoms with E-state index in [0.29, 0.717) is 6.54 Å². The van der Waals surface area contributed by atoms with E-state index in [-0.39, 0.29) is 11.9 Å². The lowest BCUT2D eigenvalue weighted by molar-refractivity contribution is -0.117. The monoisotopic (exact) mass is 339 g/mol. The van der Waals surface area contributed by atoms with Gasteiger partial charge in [-0.25, -0.2) is 0 Å². The molecule has 0 aromatic heterocycles. The lowest BCUT2D eigenvalue weighted by Crippen LogP contribution is -2.49. The number of para-hydroxylation sites is 2. The first-order valence-corrected chi connectivity index (χ1v) is 9.31. The quantitative estimate of drug-likeness (QED) is 0.913. The Balaban J connectivity index is 1.57. The van der Waals surface area contributed by atoms with Crippen LogP contribution in [-0.4, -0.2) is 37.3 Å². The van der Waals surface area contributed by atoms with Crippen molar-refractivity contribution in [2.45, 2.75) is 17.4 Å². The normalized spacial score (nSPS) is 19.6. The van der Waals surface area contributed by atoms with Crippen LogP contribution in [0.1, 0.15) is 5.56 Å². The predicted molar refractivity (Wildman–Crippen MR) is 99.9 cm³/mol. The first-order chi connectivity index (χ1) is 11.7. The van der Waals surface area contributed by atoms with Crippen LogP contribution in [0.15, 0.2) is 53.4 Å². The first kappa shape index (κ1) is 15.5. The summed E-state index contributed by atoms with van der Waals surface area (Å²) in [5, 5.41) is 0. The molecule has 0 saturated heterocycles. The van der Waals surface area contributed by atoms with E-state index < -0.39 is 0 Å². The van der Waals surface area contributed by atoms with Gasteiger partial charge in [-0.2, -0.15) is 0 Å². The van der Waals surface area contributed by atoms with Gasteiger partial charge in [0.15, 0.2) is 0 Å². The molecule has 5 heteroatoms. The van der Waals surface area contributed by atoms with Crippen LogP contribution >= 0.6 is 11.8 Å². The summed E-state index contributed by atoms with van der Waals surface area (Å²) in [5.41, 5.74) is 9.62. The van der Waals surface area contributed by atoms with Crippen LogP contribution in [0.4, 0.5) is 11.4 Å². The van der Waals surface area contributed by atoms with Crippen LogP contribution in [0.2, 0.25) is 0 Å². The molecular formula is C19H21N3OS. The Morgan fingerprint density at radius 3 is 2.75 bits per heavy atom. The standard InChI is InChI=1S/C19H21N3OS/c20-15-11-14-5-1-2-6-16(14)21(12-15)13-19(23)22-9-10-24-18-8-4-3-7-17(18)22/h1-8,15H,9-13,20H2. The van der Waals surface area contributed by atoms with Gasteiger partial charge in [-0.3, -0.25) is 4.79 Å². The van der Waals surface area contributed by atoms with Crippen LogP contribution in [0.25, 0.3) is 0 Å². The number of carbonyl (C=O) groups excluding carboxylic acids is 1. The van der Waals surface area contributed by atoms with Crippen LogP contribution < -0.4 is 15.5 Å². The molecule has 0 saturated carbocycles. The Bertz CT molecular complexity index is 764. The fourth-order valence-electron chi connectivity index (χ4n) is 3.55. The van der Waals surface area contributed by atoms with Crippen molar-refractivity contribution in [2.75, 3.05) is 35.2 Å². The minimum atomic E-state index is 0.0805. The average molecular weight is 339 g/mol. The topological polar surface area (TPSA) is 49.6 Å². The van der Waals surface area contributed by atoms with Gasteiger partial charge >= 0.3 is 0 Å². The van der Waals surface area contributed by atoms with Crippen LogP contribution in [0.5, 0.6) is 0 Å². The Labute approximate surface area is 146 Å². The minimum Gasteiger partial charge on any atom is -0.360 e. The van der Waals surface area contributed by atoms with Gasteiger partial charge in [0.05, 0.1) is 12.2 Å². The number of fused-ring (bicyclic) bond motifs is 2. The summed E-state index contributed by atoms with van der Waals surface area (Å²) in [6.07, 6.45) is 0.879. The highest BCUT2D eigenvalue weighted by molar-refractivity contribution is 7.99. The van der Waals surface area contributed by atoms with Gasteiger partial charge in [-0.15, -0.1) is 11.8 Å². The molecule has 0 aliphatic carbocycles. The van der Waals surface area contributed by atoms with E-state index >= 15 is 0 Å². The van der Waals surface area contributed by atoms with Crippen LogP contribution in [0, 0.1) is 0 Å². The van der Waals surface area contributed by atoms with E-state index in [0.717, 1.165) is 36.6 Å². The summed E-state index contributed by atoms with van der Waals surface area (Å²) in [6.45, 7) is 1.87. The van der Waals surface area contributed by atoms with Crippen molar-refractivity contribution in [3.05, 3.63) is 54.1 Å². The molecule has 2 aliphatic heterocycles. The molecule has 124 valence electrons. The molecule has 1 unspecified atom stereocenters. The summed E-state index contributed by atoms with van der Waals surface area (Å²) < 4.78 is 0. The summed E-state index contributed by atoms with van der Waals surface area (Å²) in [7, 11) is 0. The van der Waals surface area contributed by atoms with Gasteiger partial charge in [0.1, 0.15) is 0 Å². The molecule has 4 nitrogen and oxygen atoms in total. The Hall–Kier alpha value is -1.98. The van der Waals surface area contributed by atoms with Crippen molar-refractivity contribution < 1.29 is 4.79 Å². The molecule has 4 rings (SSSR count). The zero-order valence-electron chi connectivity index (χ0n) is 13.5.